The van der Waals surface area contributed by atoms with Crippen molar-refractivity contribution in [3.8, 4) is 17.1 Å². The average Bonchev–Trinajstić information content (AvgIpc) is 3.14. The molecule has 7 heteroatoms. The summed E-state index contributed by atoms with van der Waals surface area (Å²) in [6.45, 7) is 5.67. The summed E-state index contributed by atoms with van der Waals surface area (Å²) in [5, 5.41) is 4.23. The third-order valence-corrected chi connectivity index (χ3v) is 5.99. The summed E-state index contributed by atoms with van der Waals surface area (Å²) in [6, 6.07) is 14.9. The Hall–Kier alpha value is -3.02. The Balaban J connectivity index is 1.41. The van der Waals surface area contributed by atoms with Gasteiger partial charge >= 0.3 is 0 Å². The number of aromatic amines is 1. The number of benzene rings is 3. The van der Waals surface area contributed by atoms with Gasteiger partial charge < -0.3 is 15.0 Å². The van der Waals surface area contributed by atoms with Crippen LogP contribution in [0.2, 0.25) is 10.0 Å². The zero-order valence-corrected chi connectivity index (χ0v) is 18.9. The van der Waals surface area contributed by atoms with Gasteiger partial charge in [-0.2, -0.15) is 0 Å². The number of hydrogen-bond acceptors (Lipinski definition) is 3. The van der Waals surface area contributed by atoms with Crippen LogP contribution in [0, 0.1) is 20.8 Å². The fourth-order valence-electron chi connectivity index (χ4n) is 3.32. The molecule has 0 aliphatic carbocycles. The lowest BCUT2D eigenvalue weighted by Gasteiger charge is -2.10. The van der Waals surface area contributed by atoms with E-state index >= 15 is 0 Å². The third kappa shape index (κ3) is 4.68. The van der Waals surface area contributed by atoms with E-state index in [-0.39, 0.29) is 12.5 Å². The highest BCUT2D eigenvalue weighted by atomic mass is 35.5. The molecule has 1 heterocycles. The first kappa shape index (κ1) is 21.2. The number of aryl methyl sites for hydroxylation is 3. The molecule has 0 fully saturated rings. The van der Waals surface area contributed by atoms with Gasteiger partial charge in [-0.3, -0.25) is 4.79 Å². The van der Waals surface area contributed by atoms with E-state index in [4.69, 9.17) is 27.9 Å². The smallest absolute Gasteiger partial charge is 0.262 e. The topological polar surface area (TPSA) is 67.0 Å². The fraction of sp³-hybridized carbons (Fsp3) is 0.167. The van der Waals surface area contributed by atoms with Gasteiger partial charge in [0.1, 0.15) is 11.6 Å². The summed E-state index contributed by atoms with van der Waals surface area (Å²) in [6.07, 6.45) is 0. The maximum Gasteiger partial charge on any atom is 0.262 e. The van der Waals surface area contributed by atoms with E-state index in [1.54, 1.807) is 0 Å². The lowest BCUT2D eigenvalue weighted by Crippen LogP contribution is -2.20. The average molecular weight is 454 g/mol. The van der Waals surface area contributed by atoms with Gasteiger partial charge in [0, 0.05) is 21.3 Å². The molecule has 0 aliphatic heterocycles. The van der Waals surface area contributed by atoms with Gasteiger partial charge in [0.2, 0.25) is 0 Å². The molecule has 3 aromatic carbocycles. The lowest BCUT2D eigenvalue weighted by atomic mass is 10.1. The van der Waals surface area contributed by atoms with Crippen LogP contribution in [0.5, 0.6) is 5.75 Å². The van der Waals surface area contributed by atoms with Crippen LogP contribution in [0.25, 0.3) is 22.4 Å². The van der Waals surface area contributed by atoms with E-state index in [0.29, 0.717) is 21.5 Å². The summed E-state index contributed by atoms with van der Waals surface area (Å²) < 4.78 is 5.61. The number of nitrogens with one attached hydrogen (secondary N) is 2. The predicted molar refractivity (Wildman–Crippen MR) is 126 cm³/mol. The summed E-state index contributed by atoms with van der Waals surface area (Å²) in [7, 11) is 0. The quantitative estimate of drug-likeness (QED) is 0.363. The van der Waals surface area contributed by atoms with Crippen LogP contribution in [-0.2, 0) is 4.79 Å². The van der Waals surface area contributed by atoms with Crippen LogP contribution >= 0.6 is 23.2 Å². The minimum absolute atomic E-state index is 0.0913. The first-order valence-corrected chi connectivity index (χ1v) is 10.5. The van der Waals surface area contributed by atoms with Crippen molar-refractivity contribution in [2.75, 3.05) is 11.9 Å². The van der Waals surface area contributed by atoms with E-state index in [9.17, 15) is 4.79 Å². The summed E-state index contributed by atoms with van der Waals surface area (Å²) in [5.41, 5.74) is 6.15. The molecular formula is C24H21Cl2N3O2. The van der Waals surface area contributed by atoms with Gasteiger partial charge in [-0.25, -0.2) is 4.98 Å². The number of nitrogens with zero attached hydrogens (tertiary/aromatic N) is 1. The van der Waals surface area contributed by atoms with Crippen molar-refractivity contribution in [3.63, 3.8) is 0 Å². The molecule has 0 atom stereocenters. The Morgan fingerprint density at radius 1 is 1.00 bits per heavy atom. The summed E-state index contributed by atoms with van der Waals surface area (Å²) in [5.74, 6) is 1.11. The highest BCUT2D eigenvalue weighted by molar-refractivity contribution is 6.32. The van der Waals surface area contributed by atoms with E-state index in [1.165, 1.54) is 0 Å². The van der Waals surface area contributed by atoms with Crippen molar-refractivity contribution in [3.05, 3.63) is 75.3 Å². The molecule has 0 unspecified atom stereocenters. The molecular weight excluding hydrogens is 433 g/mol. The first-order valence-electron chi connectivity index (χ1n) is 9.76. The normalized spacial score (nSPS) is 11.0. The van der Waals surface area contributed by atoms with Crippen molar-refractivity contribution in [1.82, 2.24) is 9.97 Å². The molecule has 0 saturated heterocycles. The number of carbonyl (C=O) groups excluding carboxylic acids is 1. The van der Waals surface area contributed by atoms with Crippen LogP contribution in [0.3, 0.4) is 0 Å². The van der Waals surface area contributed by atoms with E-state index in [0.717, 1.165) is 39.1 Å². The number of carbonyl (C=O) groups is 1. The highest BCUT2D eigenvalue weighted by Crippen LogP contribution is 2.27. The first-order chi connectivity index (χ1) is 14.8. The summed E-state index contributed by atoms with van der Waals surface area (Å²) >= 11 is 12.4. The number of halogens is 2. The van der Waals surface area contributed by atoms with Crippen molar-refractivity contribution in [2.24, 2.45) is 0 Å². The van der Waals surface area contributed by atoms with Gasteiger partial charge in [0.15, 0.2) is 6.61 Å². The third-order valence-electron chi connectivity index (χ3n) is 4.98. The van der Waals surface area contributed by atoms with Crippen molar-refractivity contribution < 1.29 is 9.53 Å². The summed E-state index contributed by atoms with van der Waals surface area (Å²) in [4.78, 5) is 20.2. The maximum absolute atomic E-state index is 12.3. The number of anilines is 1. The number of rotatable bonds is 5. The number of ether oxygens (including phenoxy) is 1. The van der Waals surface area contributed by atoms with E-state index in [2.05, 4.69) is 15.3 Å². The molecule has 0 saturated carbocycles. The predicted octanol–water partition coefficient (Wildman–Crippen LogP) is 6.48. The minimum Gasteiger partial charge on any atom is -0.484 e. The van der Waals surface area contributed by atoms with Crippen molar-refractivity contribution >= 4 is 45.8 Å². The van der Waals surface area contributed by atoms with Gasteiger partial charge in [-0.1, -0.05) is 23.2 Å². The fourth-order valence-corrected chi connectivity index (χ4v) is 3.59. The zero-order chi connectivity index (χ0) is 22.1. The molecule has 1 amide bonds. The Labute approximate surface area is 190 Å². The van der Waals surface area contributed by atoms with Gasteiger partial charge in [0.05, 0.1) is 11.0 Å². The highest BCUT2D eigenvalue weighted by Gasteiger charge is 2.10. The van der Waals surface area contributed by atoms with E-state index < -0.39 is 0 Å². The Morgan fingerprint density at radius 2 is 1.68 bits per heavy atom. The molecule has 31 heavy (non-hydrogen) atoms. The molecule has 2 N–H and O–H groups in total. The zero-order valence-electron chi connectivity index (χ0n) is 17.3. The van der Waals surface area contributed by atoms with Gasteiger partial charge in [0.25, 0.3) is 5.91 Å². The maximum atomic E-state index is 12.3. The Bertz CT molecular complexity index is 1220. The second-order valence-corrected chi connectivity index (χ2v) is 8.27. The SMILES string of the molecule is Cc1cc2[nH]c(-c3ccc(NC(=O)COc4cc(C)c(Cl)c(C)c4)cc3)nc2cc1Cl. The molecule has 158 valence electrons. The van der Waals surface area contributed by atoms with Crippen LogP contribution in [0.4, 0.5) is 5.69 Å². The number of aromatic nitrogens is 2. The van der Waals surface area contributed by atoms with Crippen molar-refractivity contribution in [2.45, 2.75) is 20.8 Å². The number of fused-ring (bicyclic) bond motifs is 1. The van der Waals surface area contributed by atoms with Crippen LogP contribution < -0.4 is 10.1 Å². The number of H-pyrrole nitrogens is 1. The number of imidazole rings is 1. The van der Waals surface area contributed by atoms with Crippen LogP contribution in [0.1, 0.15) is 16.7 Å². The molecule has 0 spiro atoms. The van der Waals surface area contributed by atoms with Gasteiger partial charge in [-0.05, 0) is 86.0 Å². The monoisotopic (exact) mass is 453 g/mol. The van der Waals surface area contributed by atoms with Crippen molar-refractivity contribution in [1.29, 1.82) is 0 Å². The molecule has 4 aromatic rings. The molecule has 5 nitrogen and oxygen atoms in total. The number of hydrogen-bond donors (Lipinski definition) is 2. The molecule has 0 radical (unpaired) electrons. The largest absolute Gasteiger partial charge is 0.484 e. The molecule has 0 bridgehead atoms. The Morgan fingerprint density at radius 3 is 2.35 bits per heavy atom. The Kier molecular flexibility index (Phi) is 5.90. The molecule has 4 rings (SSSR count). The minimum atomic E-state index is -0.244. The molecule has 0 aliphatic rings. The molecule has 1 aromatic heterocycles. The number of amides is 1. The van der Waals surface area contributed by atoms with Gasteiger partial charge in [-0.15, -0.1) is 0 Å². The lowest BCUT2D eigenvalue weighted by molar-refractivity contribution is -0.118. The van der Waals surface area contributed by atoms with E-state index in [1.807, 2.05) is 69.3 Å². The second-order valence-electron chi connectivity index (χ2n) is 7.49. The standard InChI is InChI=1S/C24H21Cl2N3O2/c1-13-10-20-21(11-19(13)25)29-24(28-20)16-4-6-17(7-5-16)27-22(30)12-31-18-8-14(2)23(26)15(3)9-18/h4-11H,12H2,1-3H3,(H,27,30)(H,28,29). The van der Waals surface area contributed by atoms with Crippen LogP contribution in [-0.4, -0.2) is 22.5 Å². The van der Waals surface area contributed by atoms with Crippen LogP contribution in [0.15, 0.2) is 48.5 Å². The second kappa shape index (κ2) is 8.61.